The van der Waals surface area contributed by atoms with Gasteiger partial charge in [-0.2, -0.15) is 0 Å². The minimum absolute atomic E-state index is 0. The van der Waals surface area contributed by atoms with Crippen molar-refractivity contribution in [3.63, 3.8) is 0 Å². The summed E-state index contributed by atoms with van der Waals surface area (Å²) in [6.45, 7) is 3.09. The fourth-order valence-electron chi connectivity index (χ4n) is 5.67. The molecule has 5 atom stereocenters. The Labute approximate surface area is 190 Å². The molecule has 3 heterocycles. The molecule has 2 aliphatic carbocycles. The van der Waals surface area contributed by atoms with E-state index in [9.17, 15) is 0 Å². The van der Waals surface area contributed by atoms with Crippen molar-refractivity contribution in [2.24, 2.45) is 16.8 Å². The van der Waals surface area contributed by atoms with Gasteiger partial charge in [0.15, 0.2) is 5.96 Å². The predicted octanol–water partition coefficient (Wildman–Crippen LogP) is 3.50. The molecule has 2 saturated heterocycles. The molecule has 6 nitrogen and oxygen atoms in total. The van der Waals surface area contributed by atoms with Crippen LogP contribution in [0, 0.1) is 11.8 Å². The second-order valence-corrected chi connectivity index (χ2v) is 9.15. The van der Waals surface area contributed by atoms with Crippen LogP contribution in [0.4, 0.5) is 0 Å². The van der Waals surface area contributed by atoms with Crippen molar-refractivity contribution in [2.75, 3.05) is 26.4 Å². The normalized spacial score (nSPS) is 36.3. The molecule has 2 bridgehead atoms. The average Bonchev–Trinajstić information content (AvgIpc) is 3.48. The fraction of sp³-hybridized carbons (Fsp3) is 0.773. The van der Waals surface area contributed by atoms with Crippen LogP contribution in [-0.4, -0.2) is 50.0 Å². The second kappa shape index (κ2) is 9.56. The Balaban J connectivity index is 0.00000205. The Morgan fingerprint density at radius 2 is 2.14 bits per heavy atom. The van der Waals surface area contributed by atoms with Crippen molar-refractivity contribution in [3.05, 3.63) is 24.2 Å². The van der Waals surface area contributed by atoms with Crippen LogP contribution in [0.1, 0.15) is 50.7 Å². The van der Waals surface area contributed by atoms with E-state index in [1.165, 1.54) is 25.7 Å². The molecular weight excluding hydrogens is 481 g/mol. The smallest absolute Gasteiger partial charge is 0.191 e. The number of hydrogen-bond acceptors (Lipinski definition) is 4. The Morgan fingerprint density at radius 1 is 1.17 bits per heavy atom. The van der Waals surface area contributed by atoms with E-state index < -0.39 is 0 Å². The number of nitrogens with zero attached hydrogens (tertiary/aromatic N) is 1. The minimum atomic E-state index is -0.0817. The van der Waals surface area contributed by atoms with Gasteiger partial charge in [0.25, 0.3) is 0 Å². The molecule has 162 valence electrons. The SMILES string of the molecule is I.c1coc(CCN=C(NC2CCOC3(CCOC3)C2)NC2CC3CCC2C3)c1. The van der Waals surface area contributed by atoms with Crippen LogP contribution in [0.15, 0.2) is 27.8 Å². The molecule has 2 aliphatic heterocycles. The lowest BCUT2D eigenvalue weighted by molar-refractivity contribution is -0.0874. The molecule has 1 spiro atoms. The molecule has 1 aromatic heterocycles. The molecule has 4 fully saturated rings. The topological polar surface area (TPSA) is 68.0 Å². The zero-order valence-corrected chi connectivity index (χ0v) is 19.4. The highest BCUT2D eigenvalue weighted by Crippen LogP contribution is 2.44. The Hall–Kier alpha value is -0.800. The van der Waals surface area contributed by atoms with Gasteiger partial charge in [0.1, 0.15) is 5.76 Å². The van der Waals surface area contributed by atoms with Crippen LogP contribution in [0.3, 0.4) is 0 Å². The Morgan fingerprint density at radius 3 is 2.86 bits per heavy atom. The van der Waals surface area contributed by atoms with Crippen molar-refractivity contribution in [1.82, 2.24) is 10.6 Å². The van der Waals surface area contributed by atoms with Crippen LogP contribution < -0.4 is 10.6 Å². The van der Waals surface area contributed by atoms with E-state index in [0.717, 1.165) is 75.6 Å². The van der Waals surface area contributed by atoms with E-state index in [0.29, 0.717) is 12.1 Å². The lowest BCUT2D eigenvalue weighted by Crippen LogP contribution is -2.54. The number of furan rings is 1. The highest BCUT2D eigenvalue weighted by atomic mass is 127. The van der Waals surface area contributed by atoms with Gasteiger partial charge >= 0.3 is 0 Å². The first-order valence-corrected chi connectivity index (χ1v) is 11.1. The summed E-state index contributed by atoms with van der Waals surface area (Å²) in [6, 6.07) is 4.94. The number of halogens is 1. The third-order valence-electron chi connectivity index (χ3n) is 7.17. The summed E-state index contributed by atoms with van der Waals surface area (Å²) >= 11 is 0. The van der Waals surface area contributed by atoms with E-state index in [1.54, 1.807) is 6.26 Å². The number of aliphatic imine (C=N–C) groups is 1. The number of hydrogen-bond donors (Lipinski definition) is 2. The van der Waals surface area contributed by atoms with E-state index >= 15 is 0 Å². The van der Waals surface area contributed by atoms with Crippen molar-refractivity contribution in [3.8, 4) is 0 Å². The first kappa shape index (κ1) is 21.4. The maximum Gasteiger partial charge on any atom is 0.191 e. The van der Waals surface area contributed by atoms with Crippen LogP contribution in [0.5, 0.6) is 0 Å². The van der Waals surface area contributed by atoms with Crippen molar-refractivity contribution < 1.29 is 13.9 Å². The van der Waals surface area contributed by atoms with Gasteiger partial charge in [0.05, 0.1) is 18.5 Å². The highest BCUT2D eigenvalue weighted by molar-refractivity contribution is 14.0. The number of guanidine groups is 1. The average molecular weight is 515 g/mol. The van der Waals surface area contributed by atoms with Gasteiger partial charge in [0, 0.05) is 44.7 Å². The van der Waals surface area contributed by atoms with E-state index in [1.807, 2.05) is 12.1 Å². The molecule has 2 N–H and O–H groups in total. The van der Waals surface area contributed by atoms with E-state index in [4.69, 9.17) is 18.9 Å². The first-order chi connectivity index (χ1) is 13.8. The summed E-state index contributed by atoms with van der Waals surface area (Å²) in [6.07, 6.45) is 11.1. The maximum atomic E-state index is 6.10. The van der Waals surface area contributed by atoms with E-state index in [-0.39, 0.29) is 29.6 Å². The van der Waals surface area contributed by atoms with Gasteiger partial charge in [-0.05, 0) is 56.1 Å². The monoisotopic (exact) mass is 515 g/mol. The molecule has 1 aromatic rings. The lowest BCUT2D eigenvalue weighted by Gasteiger charge is -2.38. The largest absolute Gasteiger partial charge is 0.469 e. The third kappa shape index (κ3) is 5.10. The summed E-state index contributed by atoms with van der Waals surface area (Å²) in [5.41, 5.74) is -0.0817. The van der Waals surface area contributed by atoms with Crippen molar-refractivity contribution >= 4 is 29.9 Å². The van der Waals surface area contributed by atoms with Crippen LogP contribution >= 0.6 is 24.0 Å². The van der Waals surface area contributed by atoms with Gasteiger partial charge in [0.2, 0.25) is 0 Å². The van der Waals surface area contributed by atoms with E-state index in [2.05, 4.69) is 10.6 Å². The highest BCUT2D eigenvalue weighted by Gasteiger charge is 2.42. The predicted molar refractivity (Wildman–Crippen MR) is 123 cm³/mol. The molecule has 4 aliphatic rings. The van der Waals surface area contributed by atoms with Crippen molar-refractivity contribution in [2.45, 2.75) is 69.1 Å². The van der Waals surface area contributed by atoms with Crippen LogP contribution in [0.2, 0.25) is 0 Å². The summed E-state index contributed by atoms with van der Waals surface area (Å²) in [5, 5.41) is 7.54. The quantitative estimate of drug-likeness (QED) is 0.357. The number of fused-ring (bicyclic) bond motifs is 2. The molecule has 2 saturated carbocycles. The Bertz CT molecular complexity index is 675. The summed E-state index contributed by atoms with van der Waals surface area (Å²) in [4.78, 5) is 4.92. The Kier molecular flexibility index (Phi) is 7.06. The van der Waals surface area contributed by atoms with Gasteiger partial charge < -0.3 is 24.5 Å². The van der Waals surface area contributed by atoms with Gasteiger partial charge in [-0.1, -0.05) is 6.42 Å². The number of ether oxygens (including phenoxy) is 2. The third-order valence-corrected chi connectivity index (χ3v) is 7.17. The van der Waals surface area contributed by atoms with Crippen molar-refractivity contribution in [1.29, 1.82) is 0 Å². The summed E-state index contributed by atoms with van der Waals surface area (Å²) < 4.78 is 17.2. The first-order valence-electron chi connectivity index (χ1n) is 11.1. The van der Waals surface area contributed by atoms with Crippen LogP contribution in [-0.2, 0) is 15.9 Å². The molecule has 7 heteroatoms. The standard InChI is InChI=1S/C22H33N3O3.HI/c1-2-19(27-9-1)5-8-23-21(25-20-13-16-3-4-17(20)12-16)24-18-6-10-28-22(14-18)7-11-26-15-22;/h1-2,9,16-18,20H,3-8,10-15H2,(H2,23,24,25);1H. The second-order valence-electron chi connectivity index (χ2n) is 9.15. The molecule has 0 amide bonds. The molecule has 5 rings (SSSR count). The fourth-order valence-corrected chi connectivity index (χ4v) is 5.67. The van der Waals surface area contributed by atoms with Crippen LogP contribution in [0.25, 0.3) is 0 Å². The zero-order valence-electron chi connectivity index (χ0n) is 17.1. The molecule has 0 aromatic carbocycles. The number of rotatable bonds is 5. The van der Waals surface area contributed by atoms with Gasteiger partial charge in [-0.25, -0.2) is 0 Å². The summed E-state index contributed by atoms with van der Waals surface area (Å²) in [7, 11) is 0. The lowest BCUT2D eigenvalue weighted by atomic mass is 9.90. The zero-order chi connectivity index (χ0) is 18.8. The molecule has 5 unspecified atom stereocenters. The summed E-state index contributed by atoms with van der Waals surface area (Å²) in [5.74, 6) is 3.72. The number of nitrogens with one attached hydrogen (secondary N) is 2. The minimum Gasteiger partial charge on any atom is -0.469 e. The molecule has 0 radical (unpaired) electrons. The molecular formula is C22H34IN3O3. The molecule has 29 heavy (non-hydrogen) atoms. The van der Waals surface area contributed by atoms with Gasteiger partial charge in [-0.3, -0.25) is 4.99 Å². The van der Waals surface area contributed by atoms with Gasteiger partial charge in [-0.15, -0.1) is 24.0 Å². The maximum absolute atomic E-state index is 6.10.